The second-order valence-electron chi connectivity index (χ2n) is 4.58. The van der Waals surface area contributed by atoms with Crippen LogP contribution in [-0.2, 0) is 10.0 Å². The maximum atomic E-state index is 12.7. The first-order valence-corrected chi connectivity index (χ1v) is 7.68. The number of likely N-dealkylation sites (N-methyl/N-ethyl adjacent to an activating group) is 1. The van der Waals surface area contributed by atoms with Gasteiger partial charge in [-0.05, 0) is 43.5 Å². The molecule has 0 bridgehead atoms. The molecule has 1 rings (SSSR count). The van der Waals surface area contributed by atoms with E-state index in [1.165, 1.54) is 4.31 Å². The highest BCUT2D eigenvalue weighted by Gasteiger charge is 2.27. The highest BCUT2D eigenvalue weighted by molar-refractivity contribution is 7.89. The Balaban J connectivity index is 3.52. The Morgan fingerprint density at radius 2 is 1.84 bits per heavy atom. The van der Waals surface area contributed by atoms with E-state index in [1.54, 1.807) is 26.8 Å². The largest absolute Gasteiger partial charge is 0.398 e. The van der Waals surface area contributed by atoms with Gasteiger partial charge in [0, 0.05) is 18.8 Å². The molecule has 1 aromatic rings. The molecule has 1 aromatic carbocycles. The van der Waals surface area contributed by atoms with Gasteiger partial charge in [-0.1, -0.05) is 6.92 Å². The molecule has 108 valence electrons. The number of benzene rings is 1. The van der Waals surface area contributed by atoms with E-state index in [0.29, 0.717) is 23.4 Å². The van der Waals surface area contributed by atoms with Crippen LogP contribution >= 0.6 is 0 Å². The standard InChI is InChI=1S/C13H22N2O3S/c1-5-15(6-7-16)19(17,18)13-10(3)9(2)8-12(14)11(13)4/h8,16H,5-7,14H2,1-4H3. The van der Waals surface area contributed by atoms with Gasteiger partial charge < -0.3 is 10.8 Å². The highest BCUT2D eigenvalue weighted by atomic mass is 32.2. The van der Waals surface area contributed by atoms with Crippen LogP contribution in [0.3, 0.4) is 0 Å². The molecule has 0 aliphatic rings. The quantitative estimate of drug-likeness (QED) is 0.797. The lowest BCUT2D eigenvalue weighted by molar-refractivity contribution is 0.257. The van der Waals surface area contributed by atoms with E-state index < -0.39 is 10.0 Å². The van der Waals surface area contributed by atoms with Crippen molar-refractivity contribution in [1.29, 1.82) is 0 Å². The summed E-state index contributed by atoms with van der Waals surface area (Å²) in [5.74, 6) is 0. The van der Waals surface area contributed by atoms with Crippen molar-refractivity contribution in [2.75, 3.05) is 25.4 Å². The molecule has 19 heavy (non-hydrogen) atoms. The maximum absolute atomic E-state index is 12.7. The number of aliphatic hydroxyl groups is 1. The zero-order valence-electron chi connectivity index (χ0n) is 11.9. The van der Waals surface area contributed by atoms with Crippen LogP contribution in [0, 0.1) is 20.8 Å². The topological polar surface area (TPSA) is 83.6 Å². The Kier molecular flexibility index (Phi) is 4.95. The monoisotopic (exact) mass is 286 g/mol. The van der Waals surface area contributed by atoms with Crippen molar-refractivity contribution < 1.29 is 13.5 Å². The summed E-state index contributed by atoms with van der Waals surface area (Å²) >= 11 is 0. The van der Waals surface area contributed by atoms with E-state index in [1.807, 2.05) is 6.92 Å². The Labute approximate surface area is 115 Å². The third-order valence-electron chi connectivity index (χ3n) is 3.38. The molecule has 0 aromatic heterocycles. The fraction of sp³-hybridized carbons (Fsp3) is 0.538. The van der Waals surface area contributed by atoms with E-state index >= 15 is 0 Å². The molecule has 0 heterocycles. The number of nitrogens with zero attached hydrogens (tertiary/aromatic N) is 1. The summed E-state index contributed by atoms with van der Waals surface area (Å²) in [6.45, 7) is 7.28. The molecule has 0 unspecified atom stereocenters. The minimum Gasteiger partial charge on any atom is -0.398 e. The number of nitrogens with two attached hydrogens (primary N) is 1. The van der Waals surface area contributed by atoms with E-state index in [9.17, 15) is 8.42 Å². The van der Waals surface area contributed by atoms with E-state index in [-0.39, 0.29) is 18.0 Å². The SMILES string of the molecule is CCN(CCO)S(=O)(=O)c1c(C)c(C)cc(N)c1C. The van der Waals surface area contributed by atoms with Crippen molar-refractivity contribution in [2.45, 2.75) is 32.6 Å². The summed E-state index contributed by atoms with van der Waals surface area (Å²) in [7, 11) is -3.63. The first kappa shape index (κ1) is 15.9. The Bertz CT molecular complexity index is 541. The van der Waals surface area contributed by atoms with Crippen LogP contribution in [0.4, 0.5) is 5.69 Å². The third kappa shape index (κ3) is 2.91. The first-order valence-electron chi connectivity index (χ1n) is 6.24. The van der Waals surface area contributed by atoms with Crippen LogP contribution in [0.25, 0.3) is 0 Å². The molecule has 0 aliphatic carbocycles. The van der Waals surface area contributed by atoms with Gasteiger partial charge >= 0.3 is 0 Å². The molecular formula is C13H22N2O3S. The molecule has 0 amide bonds. The number of rotatable bonds is 5. The van der Waals surface area contributed by atoms with Crippen LogP contribution in [-0.4, -0.2) is 37.5 Å². The second-order valence-corrected chi connectivity index (χ2v) is 6.46. The molecule has 3 N–H and O–H groups in total. The van der Waals surface area contributed by atoms with Gasteiger partial charge in [0.15, 0.2) is 0 Å². The van der Waals surface area contributed by atoms with Crippen LogP contribution in [0.2, 0.25) is 0 Å². The molecule has 5 nitrogen and oxygen atoms in total. The summed E-state index contributed by atoms with van der Waals surface area (Å²) in [6.07, 6.45) is 0. The van der Waals surface area contributed by atoms with Crippen molar-refractivity contribution in [3.05, 3.63) is 22.8 Å². The van der Waals surface area contributed by atoms with Crippen molar-refractivity contribution >= 4 is 15.7 Å². The van der Waals surface area contributed by atoms with Crippen molar-refractivity contribution in [3.63, 3.8) is 0 Å². The smallest absolute Gasteiger partial charge is 0.243 e. The lowest BCUT2D eigenvalue weighted by atomic mass is 10.1. The van der Waals surface area contributed by atoms with Gasteiger partial charge in [-0.3, -0.25) is 0 Å². The Hall–Kier alpha value is -1.11. The highest BCUT2D eigenvalue weighted by Crippen LogP contribution is 2.30. The van der Waals surface area contributed by atoms with Gasteiger partial charge in [0.05, 0.1) is 11.5 Å². The number of sulfonamides is 1. The van der Waals surface area contributed by atoms with Crippen molar-refractivity contribution in [2.24, 2.45) is 0 Å². The Morgan fingerprint density at radius 3 is 2.32 bits per heavy atom. The molecule has 0 atom stereocenters. The van der Waals surface area contributed by atoms with Crippen LogP contribution in [0.1, 0.15) is 23.6 Å². The van der Waals surface area contributed by atoms with Crippen LogP contribution in [0.15, 0.2) is 11.0 Å². The average Bonchev–Trinajstić information content (AvgIpc) is 2.33. The number of aliphatic hydroxyl groups excluding tert-OH is 1. The van der Waals surface area contributed by atoms with Crippen molar-refractivity contribution in [3.8, 4) is 0 Å². The Morgan fingerprint density at radius 1 is 1.26 bits per heavy atom. The number of hydrogen-bond acceptors (Lipinski definition) is 4. The molecule has 0 radical (unpaired) electrons. The van der Waals surface area contributed by atoms with Crippen molar-refractivity contribution in [1.82, 2.24) is 4.31 Å². The summed E-state index contributed by atoms with van der Waals surface area (Å²) in [6, 6.07) is 1.78. The van der Waals surface area contributed by atoms with E-state index in [0.717, 1.165) is 5.56 Å². The molecule has 0 saturated heterocycles. The zero-order valence-corrected chi connectivity index (χ0v) is 12.7. The van der Waals surface area contributed by atoms with Gasteiger partial charge in [0.25, 0.3) is 0 Å². The van der Waals surface area contributed by atoms with Gasteiger partial charge in [-0.15, -0.1) is 0 Å². The molecule has 0 spiro atoms. The summed E-state index contributed by atoms with van der Waals surface area (Å²) < 4.78 is 26.6. The number of hydrogen-bond donors (Lipinski definition) is 2. The normalized spacial score (nSPS) is 12.1. The summed E-state index contributed by atoms with van der Waals surface area (Å²) in [5, 5.41) is 9.00. The third-order valence-corrected chi connectivity index (χ3v) is 5.63. The van der Waals surface area contributed by atoms with Gasteiger partial charge in [0.1, 0.15) is 0 Å². The fourth-order valence-electron chi connectivity index (χ4n) is 2.12. The summed E-state index contributed by atoms with van der Waals surface area (Å²) in [5.41, 5.74) is 8.47. The van der Waals surface area contributed by atoms with Gasteiger partial charge in [-0.2, -0.15) is 4.31 Å². The lowest BCUT2D eigenvalue weighted by Gasteiger charge is -2.23. The molecule has 6 heteroatoms. The van der Waals surface area contributed by atoms with Gasteiger partial charge in [-0.25, -0.2) is 8.42 Å². The van der Waals surface area contributed by atoms with Crippen LogP contribution in [0.5, 0.6) is 0 Å². The maximum Gasteiger partial charge on any atom is 0.243 e. The van der Waals surface area contributed by atoms with E-state index in [4.69, 9.17) is 10.8 Å². The number of aryl methyl sites for hydroxylation is 1. The first-order chi connectivity index (χ1) is 8.77. The second kappa shape index (κ2) is 5.90. The van der Waals surface area contributed by atoms with Gasteiger partial charge in [0.2, 0.25) is 10.0 Å². The van der Waals surface area contributed by atoms with Crippen LogP contribution < -0.4 is 5.73 Å². The average molecular weight is 286 g/mol. The predicted octanol–water partition coefficient (Wildman–Crippen LogP) is 1.20. The predicted molar refractivity (Wildman–Crippen MR) is 76.6 cm³/mol. The molecule has 0 fully saturated rings. The minimum atomic E-state index is -3.63. The molecular weight excluding hydrogens is 264 g/mol. The summed E-state index contributed by atoms with van der Waals surface area (Å²) in [4.78, 5) is 0.264. The molecule has 0 saturated carbocycles. The zero-order chi connectivity index (χ0) is 14.8. The lowest BCUT2D eigenvalue weighted by Crippen LogP contribution is -2.34. The molecule has 0 aliphatic heterocycles. The minimum absolute atomic E-state index is 0.0888. The number of nitrogen functional groups attached to an aromatic ring is 1. The van der Waals surface area contributed by atoms with E-state index in [2.05, 4.69) is 0 Å². The fourth-order valence-corrected chi connectivity index (χ4v) is 4.09. The number of anilines is 1.